The van der Waals surface area contributed by atoms with Crippen LogP contribution in [0.2, 0.25) is 0 Å². The molecule has 5 atom stereocenters. The fourth-order valence-electron chi connectivity index (χ4n) is 3.73. The number of carboxylic acid groups (broad SMARTS) is 1. The van der Waals surface area contributed by atoms with Crippen LogP contribution in [0.5, 0.6) is 5.75 Å². The van der Waals surface area contributed by atoms with E-state index in [4.69, 9.17) is 11.5 Å². The molecule has 0 saturated heterocycles. The van der Waals surface area contributed by atoms with E-state index < -0.39 is 47.9 Å². The summed E-state index contributed by atoms with van der Waals surface area (Å²) < 4.78 is 0. The summed E-state index contributed by atoms with van der Waals surface area (Å²) in [6.45, 7) is 7.57. The van der Waals surface area contributed by atoms with Crippen LogP contribution in [0.3, 0.4) is 0 Å². The van der Waals surface area contributed by atoms with Crippen molar-refractivity contribution in [2.75, 3.05) is 6.54 Å². The van der Waals surface area contributed by atoms with Gasteiger partial charge < -0.3 is 37.6 Å². The standard InChI is InChI=1S/C26H43N5O6/c1-5-16(4)22(31-23(33)19(28)14-17-9-11-18(32)12-10-17)25(35)30-21(15(2)3)24(34)29-20(26(36)37)8-6-7-13-27/h9-12,15-16,19-22,32H,5-8,13-14,27-28H2,1-4H3,(H,29,34)(H,30,35)(H,31,33)(H,36,37). The van der Waals surface area contributed by atoms with E-state index in [1.54, 1.807) is 32.9 Å². The molecular weight excluding hydrogens is 478 g/mol. The Balaban J connectivity index is 2.92. The number of nitrogens with two attached hydrogens (primary N) is 2. The van der Waals surface area contributed by atoms with Crippen molar-refractivity contribution < 1.29 is 29.4 Å². The molecule has 37 heavy (non-hydrogen) atoms. The average molecular weight is 522 g/mol. The molecule has 9 N–H and O–H groups in total. The number of rotatable bonds is 16. The van der Waals surface area contributed by atoms with Crippen molar-refractivity contribution in [2.45, 2.75) is 84.0 Å². The number of amides is 3. The summed E-state index contributed by atoms with van der Waals surface area (Å²) in [5.41, 5.74) is 12.3. The second-order valence-electron chi connectivity index (χ2n) is 9.76. The lowest BCUT2D eigenvalue weighted by molar-refractivity contribution is -0.143. The summed E-state index contributed by atoms with van der Waals surface area (Å²) in [6.07, 6.45) is 2.18. The van der Waals surface area contributed by atoms with Crippen molar-refractivity contribution in [3.05, 3.63) is 29.8 Å². The van der Waals surface area contributed by atoms with Crippen LogP contribution < -0.4 is 27.4 Å². The third-order valence-corrected chi connectivity index (χ3v) is 6.33. The molecule has 0 saturated carbocycles. The molecular formula is C26H43N5O6. The van der Waals surface area contributed by atoms with Gasteiger partial charge in [-0.05, 0) is 61.8 Å². The molecule has 11 heteroatoms. The minimum Gasteiger partial charge on any atom is -0.508 e. The second-order valence-corrected chi connectivity index (χ2v) is 9.76. The molecule has 1 aromatic carbocycles. The van der Waals surface area contributed by atoms with E-state index in [1.807, 2.05) is 6.92 Å². The minimum absolute atomic E-state index is 0.101. The molecule has 0 aliphatic carbocycles. The van der Waals surface area contributed by atoms with Crippen LogP contribution in [0.25, 0.3) is 0 Å². The van der Waals surface area contributed by atoms with Crippen LogP contribution in [-0.2, 0) is 25.6 Å². The number of carbonyl (C=O) groups excluding carboxylic acids is 3. The highest BCUT2D eigenvalue weighted by atomic mass is 16.4. The summed E-state index contributed by atoms with van der Waals surface area (Å²) in [7, 11) is 0. The topological polar surface area (TPSA) is 197 Å². The number of carbonyl (C=O) groups is 4. The Kier molecular flexibility index (Phi) is 13.6. The predicted molar refractivity (Wildman–Crippen MR) is 140 cm³/mol. The van der Waals surface area contributed by atoms with E-state index in [1.165, 1.54) is 12.1 Å². The van der Waals surface area contributed by atoms with E-state index in [-0.39, 0.29) is 30.4 Å². The number of phenolic OH excluding ortho intramolecular Hbond substituents is 1. The first kappa shape index (κ1) is 31.8. The zero-order chi connectivity index (χ0) is 28.1. The Morgan fingerprint density at radius 3 is 1.97 bits per heavy atom. The van der Waals surface area contributed by atoms with Gasteiger partial charge in [-0.15, -0.1) is 0 Å². The lowest BCUT2D eigenvalue weighted by Crippen LogP contribution is -2.59. The molecule has 0 aromatic heterocycles. The van der Waals surface area contributed by atoms with Gasteiger partial charge in [-0.2, -0.15) is 0 Å². The van der Waals surface area contributed by atoms with Gasteiger partial charge in [0.1, 0.15) is 23.9 Å². The van der Waals surface area contributed by atoms with Gasteiger partial charge in [-0.1, -0.05) is 46.2 Å². The minimum atomic E-state index is -1.16. The molecule has 1 aromatic rings. The zero-order valence-electron chi connectivity index (χ0n) is 22.2. The lowest BCUT2D eigenvalue weighted by Gasteiger charge is -2.29. The molecule has 208 valence electrons. The third-order valence-electron chi connectivity index (χ3n) is 6.33. The molecule has 1 rings (SSSR count). The fourth-order valence-corrected chi connectivity index (χ4v) is 3.73. The van der Waals surface area contributed by atoms with Gasteiger partial charge in [0.25, 0.3) is 0 Å². The van der Waals surface area contributed by atoms with Crippen molar-refractivity contribution >= 4 is 23.7 Å². The molecule has 5 unspecified atom stereocenters. The molecule has 11 nitrogen and oxygen atoms in total. The van der Waals surface area contributed by atoms with Crippen molar-refractivity contribution in [2.24, 2.45) is 23.3 Å². The number of nitrogens with one attached hydrogen (secondary N) is 3. The number of hydrogen-bond donors (Lipinski definition) is 7. The van der Waals surface area contributed by atoms with Crippen molar-refractivity contribution in [1.82, 2.24) is 16.0 Å². The predicted octanol–water partition coefficient (Wildman–Crippen LogP) is 0.632. The molecule has 0 bridgehead atoms. The van der Waals surface area contributed by atoms with Crippen LogP contribution in [0.1, 0.15) is 58.9 Å². The number of hydrogen-bond acceptors (Lipinski definition) is 7. The first-order valence-electron chi connectivity index (χ1n) is 12.8. The second kappa shape index (κ2) is 15.8. The lowest BCUT2D eigenvalue weighted by atomic mass is 9.95. The van der Waals surface area contributed by atoms with E-state index in [9.17, 15) is 29.4 Å². The molecule has 3 amide bonds. The summed E-state index contributed by atoms with van der Waals surface area (Å²) in [5.74, 6) is -3.35. The van der Waals surface area contributed by atoms with Gasteiger partial charge in [0.2, 0.25) is 17.7 Å². The highest BCUT2D eigenvalue weighted by molar-refractivity contribution is 5.94. The maximum atomic E-state index is 13.2. The van der Waals surface area contributed by atoms with Crippen LogP contribution in [-0.4, -0.2) is 64.6 Å². The first-order chi connectivity index (χ1) is 17.4. The van der Waals surface area contributed by atoms with Crippen LogP contribution >= 0.6 is 0 Å². The number of aliphatic carboxylic acids is 1. The molecule has 0 fully saturated rings. The van der Waals surface area contributed by atoms with Gasteiger partial charge in [0.15, 0.2) is 0 Å². The quantitative estimate of drug-likeness (QED) is 0.154. The Bertz CT molecular complexity index is 892. The van der Waals surface area contributed by atoms with E-state index in [0.29, 0.717) is 25.8 Å². The van der Waals surface area contributed by atoms with Gasteiger partial charge in [-0.3, -0.25) is 14.4 Å². The summed E-state index contributed by atoms with van der Waals surface area (Å²) in [6, 6.07) is 2.34. The Morgan fingerprint density at radius 2 is 1.46 bits per heavy atom. The smallest absolute Gasteiger partial charge is 0.326 e. The molecule has 0 aliphatic heterocycles. The first-order valence-corrected chi connectivity index (χ1v) is 12.8. The Morgan fingerprint density at radius 1 is 0.892 bits per heavy atom. The number of aromatic hydroxyl groups is 1. The third kappa shape index (κ3) is 10.8. The van der Waals surface area contributed by atoms with Gasteiger partial charge >= 0.3 is 5.97 Å². The molecule has 0 aliphatic rings. The van der Waals surface area contributed by atoms with Gasteiger partial charge in [0, 0.05) is 0 Å². The number of benzene rings is 1. The highest BCUT2D eigenvalue weighted by Crippen LogP contribution is 2.13. The maximum absolute atomic E-state index is 13.2. The van der Waals surface area contributed by atoms with Crippen molar-refractivity contribution in [3.63, 3.8) is 0 Å². The summed E-state index contributed by atoms with van der Waals surface area (Å²) in [5, 5.41) is 26.8. The monoisotopic (exact) mass is 521 g/mol. The summed E-state index contributed by atoms with van der Waals surface area (Å²) >= 11 is 0. The average Bonchev–Trinajstić information content (AvgIpc) is 2.85. The van der Waals surface area contributed by atoms with E-state index in [0.717, 1.165) is 5.56 Å². The van der Waals surface area contributed by atoms with Crippen LogP contribution in [0.15, 0.2) is 24.3 Å². The molecule has 0 heterocycles. The Labute approximate surface area is 218 Å². The van der Waals surface area contributed by atoms with Crippen molar-refractivity contribution in [1.29, 1.82) is 0 Å². The van der Waals surface area contributed by atoms with Gasteiger partial charge in [0.05, 0.1) is 6.04 Å². The zero-order valence-corrected chi connectivity index (χ0v) is 22.2. The van der Waals surface area contributed by atoms with Gasteiger partial charge in [-0.25, -0.2) is 4.79 Å². The molecule has 0 spiro atoms. The number of unbranched alkanes of at least 4 members (excludes halogenated alkanes) is 1. The largest absolute Gasteiger partial charge is 0.508 e. The fraction of sp³-hybridized carbons (Fsp3) is 0.615. The maximum Gasteiger partial charge on any atom is 0.326 e. The normalized spacial score (nSPS) is 15.2. The van der Waals surface area contributed by atoms with Crippen molar-refractivity contribution in [3.8, 4) is 5.75 Å². The Hall–Kier alpha value is -3.18. The molecule has 0 radical (unpaired) electrons. The number of phenols is 1. The number of carboxylic acids is 1. The highest BCUT2D eigenvalue weighted by Gasteiger charge is 2.33. The van der Waals surface area contributed by atoms with E-state index >= 15 is 0 Å². The van der Waals surface area contributed by atoms with E-state index in [2.05, 4.69) is 16.0 Å². The SMILES string of the molecule is CCC(C)C(NC(=O)C(N)Cc1ccc(O)cc1)C(=O)NC(C(=O)NC(CCCCN)C(=O)O)C(C)C. The summed E-state index contributed by atoms with van der Waals surface area (Å²) in [4.78, 5) is 50.6. The van der Waals surface area contributed by atoms with Crippen LogP contribution in [0, 0.1) is 11.8 Å². The van der Waals surface area contributed by atoms with Crippen LogP contribution in [0.4, 0.5) is 0 Å².